The summed E-state index contributed by atoms with van der Waals surface area (Å²) < 4.78 is 32.8. The summed E-state index contributed by atoms with van der Waals surface area (Å²) in [7, 11) is -1.94. The molecular formula is C13H24N2O3S2. The fraction of sp³-hybridized carbons (Fsp3) is 0.692. The molecule has 0 fully saturated rings. The Bertz CT molecular complexity index is 536. The first-order chi connectivity index (χ1) is 9.23. The molecule has 1 heterocycles. The van der Waals surface area contributed by atoms with Crippen molar-refractivity contribution in [2.75, 3.05) is 20.2 Å². The van der Waals surface area contributed by atoms with Crippen LogP contribution in [-0.4, -0.2) is 34.2 Å². The SMILES string of the molecule is CCNCc1scc(C)c1S(=O)(=O)NCC(C)(C)OC. The van der Waals surface area contributed by atoms with Gasteiger partial charge in [-0.1, -0.05) is 6.92 Å². The van der Waals surface area contributed by atoms with E-state index in [1.165, 1.54) is 11.3 Å². The summed E-state index contributed by atoms with van der Waals surface area (Å²) in [4.78, 5) is 1.24. The number of nitrogens with one attached hydrogen (secondary N) is 2. The predicted octanol–water partition coefficient (Wildman–Crippen LogP) is 1.87. The molecular weight excluding hydrogens is 296 g/mol. The molecule has 0 amide bonds. The minimum absolute atomic E-state index is 0.238. The van der Waals surface area contributed by atoms with Crippen LogP contribution < -0.4 is 10.0 Å². The topological polar surface area (TPSA) is 67.4 Å². The van der Waals surface area contributed by atoms with E-state index in [9.17, 15) is 8.42 Å². The Morgan fingerprint density at radius 1 is 1.40 bits per heavy atom. The van der Waals surface area contributed by atoms with Crippen LogP contribution in [0.2, 0.25) is 0 Å². The molecule has 0 unspecified atom stereocenters. The molecule has 0 bridgehead atoms. The third-order valence-electron chi connectivity index (χ3n) is 3.03. The molecule has 0 aromatic carbocycles. The van der Waals surface area contributed by atoms with Crippen LogP contribution >= 0.6 is 11.3 Å². The maximum Gasteiger partial charge on any atom is 0.242 e. The summed E-state index contributed by atoms with van der Waals surface area (Å²) in [5, 5.41) is 5.05. The largest absolute Gasteiger partial charge is 0.377 e. The zero-order valence-corrected chi connectivity index (χ0v) is 14.4. The van der Waals surface area contributed by atoms with Gasteiger partial charge in [0, 0.05) is 25.1 Å². The van der Waals surface area contributed by atoms with Gasteiger partial charge in [-0.15, -0.1) is 11.3 Å². The highest BCUT2D eigenvalue weighted by Gasteiger charge is 2.26. The smallest absolute Gasteiger partial charge is 0.242 e. The monoisotopic (exact) mass is 320 g/mol. The van der Waals surface area contributed by atoms with Crippen LogP contribution in [0.3, 0.4) is 0 Å². The van der Waals surface area contributed by atoms with Gasteiger partial charge >= 0.3 is 0 Å². The van der Waals surface area contributed by atoms with Crippen molar-refractivity contribution < 1.29 is 13.2 Å². The second-order valence-corrected chi connectivity index (χ2v) is 7.91. The van der Waals surface area contributed by atoms with Crippen LogP contribution in [0.1, 0.15) is 31.2 Å². The molecule has 5 nitrogen and oxygen atoms in total. The molecule has 1 aromatic heterocycles. The number of sulfonamides is 1. The standard InChI is InChI=1S/C13H24N2O3S2/c1-6-14-7-11-12(10(2)8-19-11)20(16,17)15-9-13(3,4)18-5/h8,14-15H,6-7,9H2,1-5H3. The van der Waals surface area contributed by atoms with Crippen molar-refractivity contribution in [3.63, 3.8) is 0 Å². The van der Waals surface area contributed by atoms with Crippen LogP contribution in [-0.2, 0) is 21.3 Å². The number of aryl methyl sites for hydroxylation is 1. The maximum atomic E-state index is 12.5. The first kappa shape index (κ1) is 17.6. The average Bonchev–Trinajstić information content (AvgIpc) is 2.76. The summed E-state index contributed by atoms with van der Waals surface area (Å²) in [5.74, 6) is 0. The van der Waals surface area contributed by atoms with Crippen LogP contribution in [0, 0.1) is 6.92 Å². The van der Waals surface area contributed by atoms with Crippen molar-refractivity contribution in [2.45, 2.75) is 44.7 Å². The van der Waals surface area contributed by atoms with Gasteiger partial charge in [-0.3, -0.25) is 0 Å². The lowest BCUT2D eigenvalue weighted by atomic mass is 10.1. The average molecular weight is 320 g/mol. The molecule has 1 rings (SSSR count). The molecule has 0 radical (unpaired) electrons. The molecule has 0 saturated carbocycles. The lowest BCUT2D eigenvalue weighted by Gasteiger charge is -2.23. The molecule has 116 valence electrons. The quantitative estimate of drug-likeness (QED) is 0.767. The molecule has 0 spiro atoms. The minimum atomic E-state index is -3.51. The van der Waals surface area contributed by atoms with Crippen molar-refractivity contribution in [3.8, 4) is 0 Å². The summed E-state index contributed by atoms with van der Waals surface area (Å²) in [6.45, 7) is 9.11. The van der Waals surface area contributed by atoms with E-state index in [2.05, 4.69) is 10.0 Å². The van der Waals surface area contributed by atoms with Gasteiger partial charge < -0.3 is 10.1 Å². The molecule has 20 heavy (non-hydrogen) atoms. The van der Waals surface area contributed by atoms with Crippen LogP contribution in [0.25, 0.3) is 0 Å². The highest BCUT2D eigenvalue weighted by molar-refractivity contribution is 7.89. The zero-order valence-electron chi connectivity index (χ0n) is 12.7. The summed E-state index contributed by atoms with van der Waals surface area (Å²) in [6, 6.07) is 0. The molecule has 0 aliphatic carbocycles. The Labute approximate surface area is 125 Å². The first-order valence-corrected chi connectivity index (χ1v) is 8.92. The summed E-state index contributed by atoms with van der Waals surface area (Å²) in [6.07, 6.45) is 0. The van der Waals surface area contributed by atoms with Crippen LogP contribution in [0.15, 0.2) is 10.3 Å². The van der Waals surface area contributed by atoms with E-state index in [1.807, 2.05) is 33.1 Å². The van der Waals surface area contributed by atoms with Crippen LogP contribution in [0.5, 0.6) is 0 Å². The molecule has 0 aliphatic rings. The predicted molar refractivity (Wildman–Crippen MR) is 82.7 cm³/mol. The molecule has 0 saturated heterocycles. The molecule has 2 N–H and O–H groups in total. The van der Waals surface area contributed by atoms with E-state index in [0.29, 0.717) is 11.4 Å². The molecule has 1 aromatic rings. The van der Waals surface area contributed by atoms with Crippen molar-refractivity contribution in [1.29, 1.82) is 0 Å². The summed E-state index contributed by atoms with van der Waals surface area (Å²) >= 11 is 1.47. The third kappa shape index (κ3) is 4.53. The van der Waals surface area contributed by atoms with Gasteiger partial charge in [0.25, 0.3) is 0 Å². The number of rotatable bonds is 8. The van der Waals surface area contributed by atoms with Crippen molar-refractivity contribution >= 4 is 21.4 Å². The van der Waals surface area contributed by atoms with Gasteiger partial charge in [-0.05, 0) is 38.3 Å². The number of ether oxygens (including phenoxy) is 1. The second-order valence-electron chi connectivity index (χ2n) is 5.24. The van der Waals surface area contributed by atoms with E-state index >= 15 is 0 Å². The molecule has 7 heteroatoms. The highest BCUT2D eigenvalue weighted by Crippen LogP contribution is 2.27. The van der Waals surface area contributed by atoms with E-state index in [4.69, 9.17) is 4.74 Å². The van der Waals surface area contributed by atoms with E-state index in [-0.39, 0.29) is 6.54 Å². The van der Waals surface area contributed by atoms with E-state index < -0.39 is 15.6 Å². The fourth-order valence-corrected chi connectivity index (χ4v) is 4.60. The Balaban J connectivity index is 2.95. The van der Waals surface area contributed by atoms with Crippen molar-refractivity contribution in [2.24, 2.45) is 0 Å². The first-order valence-electron chi connectivity index (χ1n) is 6.56. The Kier molecular flexibility index (Phi) is 6.15. The van der Waals surface area contributed by atoms with Gasteiger partial charge in [0.05, 0.1) is 5.60 Å². The number of thiophene rings is 1. The van der Waals surface area contributed by atoms with Gasteiger partial charge in [0.1, 0.15) is 4.90 Å². The van der Waals surface area contributed by atoms with Crippen molar-refractivity contribution in [1.82, 2.24) is 10.0 Å². The van der Waals surface area contributed by atoms with Gasteiger partial charge in [-0.2, -0.15) is 0 Å². The van der Waals surface area contributed by atoms with Gasteiger partial charge in [0.2, 0.25) is 10.0 Å². The van der Waals surface area contributed by atoms with Gasteiger partial charge in [-0.25, -0.2) is 13.1 Å². The second kappa shape index (κ2) is 7.00. The van der Waals surface area contributed by atoms with Crippen LogP contribution in [0.4, 0.5) is 0 Å². The Hall–Kier alpha value is -0.470. The molecule has 0 aliphatic heterocycles. The minimum Gasteiger partial charge on any atom is -0.377 e. The number of methoxy groups -OCH3 is 1. The normalized spacial score (nSPS) is 12.8. The Morgan fingerprint density at radius 2 is 2.05 bits per heavy atom. The third-order valence-corrected chi connectivity index (χ3v) is 5.90. The summed E-state index contributed by atoms with van der Waals surface area (Å²) in [5.41, 5.74) is 0.254. The van der Waals surface area contributed by atoms with E-state index in [1.54, 1.807) is 7.11 Å². The lowest BCUT2D eigenvalue weighted by molar-refractivity contribution is 0.0276. The maximum absolute atomic E-state index is 12.5. The Morgan fingerprint density at radius 3 is 2.60 bits per heavy atom. The number of hydrogen-bond acceptors (Lipinski definition) is 5. The fourth-order valence-electron chi connectivity index (χ4n) is 1.62. The van der Waals surface area contributed by atoms with E-state index in [0.717, 1.165) is 17.0 Å². The highest BCUT2D eigenvalue weighted by atomic mass is 32.2. The zero-order chi connectivity index (χ0) is 15.4. The number of hydrogen-bond donors (Lipinski definition) is 2. The van der Waals surface area contributed by atoms with Gasteiger partial charge in [0.15, 0.2) is 0 Å². The lowest BCUT2D eigenvalue weighted by Crippen LogP contribution is -2.40. The molecule has 0 atom stereocenters. The van der Waals surface area contributed by atoms with Crippen molar-refractivity contribution in [3.05, 3.63) is 15.8 Å².